The number of piperidine rings is 1. The Bertz CT molecular complexity index is 433. The highest BCUT2D eigenvalue weighted by Crippen LogP contribution is 2.33. The smallest absolute Gasteiger partial charge is 0.385 e. The number of rotatable bonds is 3. The van der Waals surface area contributed by atoms with Crippen molar-refractivity contribution in [3.05, 3.63) is 35.4 Å². The number of benzene rings is 1. The number of alkyl halides is 3. The monoisotopic (exact) mass is 287 g/mol. The summed E-state index contributed by atoms with van der Waals surface area (Å²) in [5.41, 5.74) is -1.27. The standard InChI is InChI=1S/C15H20F3NO/c1-14(20,10-13-4-2-3-9-19-13)11-5-7-12(8-6-11)15(16,17)18/h5-8,13,19-20H,2-4,9-10H2,1H3. The van der Waals surface area contributed by atoms with Gasteiger partial charge in [0.25, 0.3) is 0 Å². The summed E-state index contributed by atoms with van der Waals surface area (Å²) in [7, 11) is 0. The molecule has 2 atom stereocenters. The van der Waals surface area contributed by atoms with Crippen molar-refractivity contribution >= 4 is 0 Å². The van der Waals surface area contributed by atoms with Crippen LogP contribution in [0.4, 0.5) is 13.2 Å². The van der Waals surface area contributed by atoms with Crippen LogP contribution in [0.5, 0.6) is 0 Å². The lowest BCUT2D eigenvalue weighted by Gasteiger charge is -2.32. The highest BCUT2D eigenvalue weighted by Gasteiger charge is 2.32. The lowest BCUT2D eigenvalue weighted by Crippen LogP contribution is -2.39. The minimum atomic E-state index is -4.34. The zero-order valence-corrected chi connectivity index (χ0v) is 11.5. The Morgan fingerprint density at radius 1 is 1.15 bits per heavy atom. The van der Waals surface area contributed by atoms with E-state index in [-0.39, 0.29) is 6.04 Å². The Morgan fingerprint density at radius 2 is 1.75 bits per heavy atom. The highest BCUT2D eigenvalue weighted by atomic mass is 19.4. The molecule has 1 aliphatic heterocycles. The zero-order valence-electron chi connectivity index (χ0n) is 11.5. The molecular weight excluding hydrogens is 267 g/mol. The van der Waals surface area contributed by atoms with Crippen LogP contribution in [-0.4, -0.2) is 17.7 Å². The lowest BCUT2D eigenvalue weighted by molar-refractivity contribution is -0.137. The third-order valence-electron chi connectivity index (χ3n) is 3.89. The number of hydrogen-bond acceptors (Lipinski definition) is 2. The molecule has 0 amide bonds. The van der Waals surface area contributed by atoms with E-state index in [1.807, 2.05) is 0 Å². The third kappa shape index (κ3) is 3.73. The molecule has 20 heavy (non-hydrogen) atoms. The van der Waals surface area contributed by atoms with Crippen LogP contribution in [0.25, 0.3) is 0 Å². The average Bonchev–Trinajstić information content (AvgIpc) is 2.38. The van der Waals surface area contributed by atoms with Gasteiger partial charge in [-0.1, -0.05) is 18.6 Å². The van der Waals surface area contributed by atoms with Crippen LogP contribution in [0.1, 0.15) is 43.7 Å². The molecule has 0 aromatic heterocycles. The Hall–Kier alpha value is -1.07. The van der Waals surface area contributed by atoms with Crippen LogP contribution in [0.2, 0.25) is 0 Å². The van der Waals surface area contributed by atoms with Gasteiger partial charge in [0.05, 0.1) is 11.2 Å². The number of aliphatic hydroxyl groups is 1. The minimum absolute atomic E-state index is 0.223. The number of nitrogens with one attached hydrogen (secondary N) is 1. The zero-order chi connectivity index (χ0) is 14.8. The summed E-state index contributed by atoms with van der Waals surface area (Å²) in [4.78, 5) is 0. The van der Waals surface area contributed by atoms with E-state index in [0.29, 0.717) is 12.0 Å². The molecular formula is C15H20F3NO. The van der Waals surface area contributed by atoms with E-state index in [0.717, 1.165) is 37.9 Å². The Balaban J connectivity index is 2.08. The van der Waals surface area contributed by atoms with Crippen molar-refractivity contribution in [2.45, 2.75) is 50.4 Å². The van der Waals surface area contributed by atoms with Gasteiger partial charge >= 0.3 is 6.18 Å². The van der Waals surface area contributed by atoms with E-state index in [4.69, 9.17) is 0 Å². The molecule has 1 heterocycles. The molecule has 1 saturated heterocycles. The predicted molar refractivity (Wildman–Crippen MR) is 71.3 cm³/mol. The van der Waals surface area contributed by atoms with Gasteiger partial charge in [-0.25, -0.2) is 0 Å². The second kappa shape index (κ2) is 5.74. The average molecular weight is 287 g/mol. The first-order valence-electron chi connectivity index (χ1n) is 6.92. The van der Waals surface area contributed by atoms with Crippen LogP contribution >= 0.6 is 0 Å². The Labute approximate surface area is 117 Å². The van der Waals surface area contributed by atoms with Gasteiger partial charge in [0.2, 0.25) is 0 Å². The Kier molecular flexibility index (Phi) is 4.39. The van der Waals surface area contributed by atoms with Crippen LogP contribution in [0.3, 0.4) is 0 Å². The second-order valence-corrected chi connectivity index (χ2v) is 5.70. The van der Waals surface area contributed by atoms with Crippen LogP contribution in [0.15, 0.2) is 24.3 Å². The van der Waals surface area contributed by atoms with Gasteiger partial charge in [0.1, 0.15) is 0 Å². The molecule has 0 bridgehead atoms. The quantitative estimate of drug-likeness (QED) is 0.892. The van der Waals surface area contributed by atoms with E-state index < -0.39 is 17.3 Å². The molecule has 2 rings (SSSR count). The fraction of sp³-hybridized carbons (Fsp3) is 0.600. The molecule has 0 radical (unpaired) electrons. The van der Waals surface area contributed by atoms with E-state index in [9.17, 15) is 18.3 Å². The fourth-order valence-electron chi connectivity index (χ4n) is 2.71. The molecule has 1 aromatic rings. The van der Waals surface area contributed by atoms with Crippen molar-refractivity contribution in [1.82, 2.24) is 5.32 Å². The first-order chi connectivity index (χ1) is 9.29. The van der Waals surface area contributed by atoms with Crippen LogP contribution in [0, 0.1) is 0 Å². The van der Waals surface area contributed by atoms with Crippen molar-refractivity contribution < 1.29 is 18.3 Å². The summed E-state index contributed by atoms with van der Waals surface area (Å²) in [5.74, 6) is 0. The van der Waals surface area contributed by atoms with Crippen molar-refractivity contribution in [1.29, 1.82) is 0 Å². The van der Waals surface area contributed by atoms with Crippen molar-refractivity contribution in [3.8, 4) is 0 Å². The lowest BCUT2D eigenvalue weighted by atomic mass is 9.86. The molecule has 0 spiro atoms. The molecule has 1 aliphatic rings. The summed E-state index contributed by atoms with van der Waals surface area (Å²) >= 11 is 0. The third-order valence-corrected chi connectivity index (χ3v) is 3.89. The van der Waals surface area contributed by atoms with Crippen LogP contribution < -0.4 is 5.32 Å². The van der Waals surface area contributed by atoms with Crippen molar-refractivity contribution in [2.24, 2.45) is 0 Å². The summed E-state index contributed by atoms with van der Waals surface area (Å²) in [6.45, 7) is 2.60. The molecule has 5 heteroatoms. The minimum Gasteiger partial charge on any atom is -0.385 e. The molecule has 112 valence electrons. The largest absolute Gasteiger partial charge is 0.416 e. The maximum atomic E-state index is 12.5. The van der Waals surface area contributed by atoms with E-state index in [1.54, 1.807) is 6.92 Å². The van der Waals surface area contributed by atoms with Gasteiger partial charge in [0.15, 0.2) is 0 Å². The normalized spacial score (nSPS) is 23.4. The summed E-state index contributed by atoms with van der Waals surface area (Å²) in [5, 5.41) is 13.9. The van der Waals surface area contributed by atoms with Gasteiger partial charge in [-0.15, -0.1) is 0 Å². The molecule has 1 aromatic carbocycles. The van der Waals surface area contributed by atoms with Gasteiger partial charge in [-0.05, 0) is 50.4 Å². The summed E-state index contributed by atoms with van der Waals surface area (Å²) in [6, 6.07) is 5.01. The molecule has 2 unspecified atom stereocenters. The molecule has 2 N–H and O–H groups in total. The van der Waals surface area contributed by atoms with E-state index in [1.165, 1.54) is 12.1 Å². The number of halogens is 3. The molecule has 0 saturated carbocycles. The fourth-order valence-corrected chi connectivity index (χ4v) is 2.71. The second-order valence-electron chi connectivity index (χ2n) is 5.70. The maximum absolute atomic E-state index is 12.5. The van der Waals surface area contributed by atoms with E-state index in [2.05, 4.69) is 5.32 Å². The number of hydrogen-bond donors (Lipinski definition) is 2. The van der Waals surface area contributed by atoms with Gasteiger partial charge < -0.3 is 10.4 Å². The van der Waals surface area contributed by atoms with Gasteiger partial charge in [0, 0.05) is 6.04 Å². The van der Waals surface area contributed by atoms with Gasteiger partial charge in [-0.2, -0.15) is 13.2 Å². The highest BCUT2D eigenvalue weighted by molar-refractivity contribution is 5.28. The first kappa shape index (κ1) is 15.3. The molecule has 2 nitrogen and oxygen atoms in total. The van der Waals surface area contributed by atoms with E-state index >= 15 is 0 Å². The SMILES string of the molecule is CC(O)(CC1CCCCN1)c1ccc(C(F)(F)F)cc1. The summed E-state index contributed by atoms with van der Waals surface area (Å²) < 4.78 is 37.5. The maximum Gasteiger partial charge on any atom is 0.416 e. The predicted octanol–water partition coefficient (Wildman–Crippen LogP) is 3.45. The first-order valence-corrected chi connectivity index (χ1v) is 6.92. The Morgan fingerprint density at radius 3 is 2.25 bits per heavy atom. The van der Waals surface area contributed by atoms with Crippen molar-refractivity contribution in [3.63, 3.8) is 0 Å². The molecule has 1 fully saturated rings. The molecule has 0 aliphatic carbocycles. The topological polar surface area (TPSA) is 32.3 Å². The summed E-state index contributed by atoms with van der Waals surface area (Å²) in [6.07, 6.45) is -0.565. The van der Waals surface area contributed by atoms with Gasteiger partial charge in [-0.3, -0.25) is 0 Å². The van der Waals surface area contributed by atoms with Crippen molar-refractivity contribution in [2.75, 3.05) is 6.54 Å². The van der Waals surface area contributed by atoms with Crippen LogP contribution in [-0.2, 0) is 11.8 Å².